The quantitative estimate of drug-likeness (QED) is 0.727. The van der Waals surface area contributed by atoms with Gasteiger partial charge in [0.1, 0.15) is 0 Å². The second kappa shape index (κ2) is 9.36. The minimum atomic E-state index is -0.326. The maximum absolute atomic E-state index is 12.8. The van der Waals surface area contributed by atoms with Crippen molar-refractivity contribution in [3.8, 4) is 0 Å². The Labute approximate surface area is 193 Å². The maximum Gasteiger partial charge on any atom is 0.228 e. The summed E-state index contributed by atoms with van der Waals surface area (Å²) in [6.07, 6.45) is 2.54. The van der Waals surface area contributed by atoms with E-state index in [-0.39, 0.29) is 22.9 Å². The Morgan fingerprint density at radius 2 is 1.87 bits per heavy atom. The molecule has 0 spiro atoms. The van der Waals surface area contributed by atoms with Crippen molar-refractivity contribution < 1.29 is 4.79 Å². The molecule has 2 aliphatic heterocycles. The van der Waals surface area contributed by atoms with Crippen LogP contribution in [0.3, 0.4) is 0 Å². The van der Waals surface area contributed by atoms with Crippen molar-refractivity contribution in [1.82, 2.24) is 19.7 Å². The number of carbonyl (C=O) groups excluding carboxylic acids is 1. The molecule has 1 amide bonds. The largest absolute Gasteiger partial charge is 0.360 e. The summed E-state index contributed by atoms with van der Waals surface area (Å²) in [5, 5.41) is 6.81. The van der Waals surface area contributed by atoms with E-state index in [1.54, 1.807) is 11.3 Å². The highest BCUT2D eigenvalue weighted by atomic mass is 32.1. The molecule has 0 unspecified atom stereocenters. The number of hydrogen-bond acceptors (Lipinski definition) is 6. The number of aromatic nitrogens is 1. The molecule has 1 N–H and O–H groups in total. The molecule has 3 heterocycles. The van der Waals surface area contributed by atoms with Crippen molar-refractivity contribution in [3.63, 3.8) is 0 Å². The number of hydrogen-bond donors (Lipinski definition) is 1. The minimum absolute atomic E-state index is 0.222. The van der Waals surface area contributed by atoms with Crippen LogP contribution >= 0.6 is 11.3 Å². The van der Waals surface area contributed by atoms with Gasteiger partial charge in [0, 0.05) is 60.6 Å². The van der Waals surface area contributed by atoms with Crippen molar-refractivity contribution >= 4 is 22.4 Å². The van der Waals surface area contributed by atoms with E-state index in [2.05, 4.69) is 60.0 Å². The van der Waals surface area contributed by atoms with Crippen LogP contribution in [0.25, 0.3) is 0 Å². The van der Waals surface area contributed by atoms with Gasteiger partial charge in [0.05, 0.1) is 5.69 Å². The summed E-state index contributed by atoms with van der Waals surface area (Å²) in [5.41, 5.74) is 1.02. The Morgan fingerprint density at radius 3 is 2.52 bits per heavy atom. The summed E-state index contributed by atoms with van der Waals surface area (Å²) in [6, 6.07) is 1.14. The number of anilines is 1. The zero-order valence-corrected chi connectivity index (χ0v) is 21.7. The average molecular weight is 450 g/mol. The average Bonchev–Trinajstić information content (AvgIpc) is 3.30. The van der Waals surface area contributed by atoms with Gasteiger partial charge in [0.25, 0.3) is 0 Å². The molecule has 0 aromatic carbocycles. The first kappa shape index (κ1) is 24.5. The molecule has 2 aliphatic rings. The van der Waals surface area contributed by atoms with Gasteiger partial charge in [0.15, 0.2) is 5.13 Å². The summed E-state index contributed by atoms with van der Waals surface area (Å²) < 4.78 is 0. The third kappa shape index (κ3) is 5.99. The molecule has 6 nitrogen and oxygen atoms in total. The van der Waals surface area contributed by atoms with E-state index < -0.39 is 0 Å². The zero-order valence-electron chi connectivity index (χ0n) is 20.9. The lowest BCUT2D eigenvalue weighted by Crippen LogP contribution is -2.59. The van der Waals surface area contributed by atoms with E-state index in [0.717, 1.165) is 37.0 Å². The Kier molecular flexibility index (Phi) is 7.38. The SMILES string of the molecule is C[C@H]1CN(C(=O)C(C)(C)C)[C@@H](C)CN1Cc1csc(NC[C@@H]2CCCN2C(C)(C)C)n1. The van der Waals surface area contributed by atoms with Crippen LogP contribution in [0, 0.1) is 5.41 Å². The second-order valence-corrected chi connectivity index (χ2v) is 12.4. The first-order valence-electron chi connectivity index (χ1n) is 11.9. The summed E-state index contributed by atoms with van der Waals surface area (Å²) in [6.45, 7) is 22.0. The van der Waals surface area contributed by atoms with Crippen LogP contribution in [0.5, 0.6) is 0 Å². The van der Waals surface area contributed by atoms with Gasteiger partial charge in [-0.15, -0.1) is 11.3 Å². The molecule has 1 aromatic rings. The van der Waals surface area contributed by atoms with Crippen LogP contribution in [0.4, 0.5) is 5.13 Å². The number of carbonyl (C=O) groups is 1. The number of thiazole rings is 1. The highest BCUT2D eigenvalue weighted by molar-refractivity contribution is 7.13. The molecule has 3 atom stereocenters. The van der Waals surface area contributed by atoms with E-state index in [1.165, 1.54) is 19.4 Å². The van der Waals surface area contributed by atoms with Crippen molar-refractivity contribution in [3.05, 3.63) is 11.1 Å². The van der Waals surface area contributed by atoms with Crippen molar-refractivity contribution in [2.45, 2.75) is 98.4 Å². The van der Waals surface area contributed by atoms with E-state index in [1.807, 2.05) is 20.8 Å². The van der Waals surface area contributed by atoms with Gasteiger partial charge < -0.3 is 10.2 Å². The van der Waals surface area contributed by atoms with Gasteiger partial charge in [-0.1, -0.05) is 20.8 Å². The van der Waals surface area contributed by atoms with E-state index in [9.17, 15) is 4.79 Å². The first-order chi connectivity index (χ1) is 14.4. The fraction of sp³-hybridized carbons (Fsp3) is 0.833. The van der Waals surface area contributed by atoms with Crippen LogP contribution in [-0.2, 0) is 11.3 Å². The van der Waals surface area contributed by atoms with Gasteiger partial charge in [-0.3, -0.25) is 14.6 Å². The summed E-state index contributed by atoms with van der Waals surface area (Å²) >= 11 is 1.71. The highest BCUT2D eigenvalue weighted by Gasteiger charge is 2.37. The Hall–Kier alpha value is -1.18. The molecule has 7 heteroatoms. The van der Waals surface area contributed by atoms with Crippen LogP contribution in [0.1, 0.15) is 73.9 Å². The Bertz CT molecular complexity index is 750. The van der Waals surface area contributed by atoms with Gasteiger partial charge in [-0.25, -0.2) is 4.98 Å². The number of nitrogens with zero attached hydrogens (tertiary/aromatic N) is 4. The van der Waals surface area contributed by atoms with Gasteiger partial charge in [0.2, 0.25) is 5.91 Å². The van der Waals surface area contributed by atoms with Crippen molar-refractivity contribution in [2.24, 2.45) is 5.41 Å². The molecule has 1 aromatic heterocycles. The molecule has 2 fully saturated rings. The zero-order chi connectivity index (χ0) is 23.0. The molecule has 0 radical (unpaired) electrons. The molecular weight excluding hydrogens is 406 g/mol. The van der Waals surface area contributed by atoms with Gasteiger partial charge in [-0.05, 0) is 54.0 Å². The monoisotopic (exact) mass is 449 g/mol. The van der Waals surface area contributed by atoms with E-state index in [0.29, 0.717) is 12.1 Å². The normalized spacial score (nSPS) is 26.5. The van der Waals surface area contributed by atoms with E-state index in [4.69, 9.17) is 4.98 Å². The number of amides is 1. The summed E-state index contributed by atoms with van der Waals surface area (Å²) in [7, 11) is 0. The minimum Gasteiger partial charge on any atom is -0.360 e. The lowest BCUT2D eigenvalue weighted by atomic mass is 9.92. The van der Waals surface area contributed by atoms with Crippen molar-refractivity contribution in [1.29, 1.82) is 0 Å². The van der Waals surface area contributed by atoms with Gasteiger partial charge >= 0.3 is 0 Å². The fourth-order valence-corrected chi connectivity index (χ4v) is 5.65. The molecule has 0 aliphatic carbocycles. The maximum atomic E-state index is 12.8. The van der Waals surface area contributed by atoms with Crippen LogP contribution in [0.2, 0.25) is 0 Å². The van der Waals surface area contributed by atoms with Crippen molar-refractivity contribution in [2.75, 3.05) is 31.5 Å². The van der Waals surface area contributed by atoms with Crippen LogP contribution in [0.15, 0.2) is 5.38 Å². The summed E-state index contributed by atoms with van der Waals surface area (Å²) in [4.78, 5) is 24.8. The molecule has 2 saturated heterocycles. The number of piperazine rings is 1. The Morgan fingerprint density at radius 1 is 1.16 bits per heavy atom. The summed E-state index contributed by atoms with van der Waals surface area (Å²) in [5.74, 6) is 0.253. The van der Waals surface area contributed by atoms with E-state index >= 15 is 0 Å². The molecular formula is C24H43N5OS. The van der Waals surface area contributed by atoms with Crippen LogP contribution < -0.4 is 5.32 Å². The molecule has 176 valence electrons. The topological polar surface area (TPSA) is 51.7 Å². The predicted octanol–water partition coefficient (Wildman–Crippen LogP) is 4.29. The lowest BCUT2D eigenvalue weighted by Gasteiger charge is -2.45. The number of likely N-dealkylation sites (tertiary alicyclic amines) is 1. The van der Waals surface area contributed by atoms with Gasteiger partial charge in [-0.2, -0.15) is 0 Å². The second-order valence-electron chi connectivity index (χ2n) is 11.5. The smallest absolute Gasteiger partial charge is 0.228 e. The number of nitrogens with one attached hydrogen (secondary N) is 1. The Balaban J connectivity index is 1.54. The molecule has 0 bridgehead atoms. The molecule has 0 saturated carbocycles. The molecule has 3 rings (SSSR count). The third-order valence-electron chi connectivity index (χ3n) is 6.66. The first-order valence-corrected chi connectivity index (χ1v) is 12.7. The standard InChI is InChI=1S/C24H43N5OS/c1-17-14-28(21(30)23(3,4)5)18(2)13-27(17)15-19-16-31-22(26-19)25-12-20-10-9-11-29(20)24(6,7)8/h16-18,20H,9-15H2,1-8H3,(H,25,26)/t17-,18-,20-/m0/s1. The number of rotatable bonds is 5. The highest BCUT2D eigenvalue weighted by Crippen LogP contribution is 2.28. The lowest BCUT2D eigenvalue weighted by molar-refractivity contribution is -0.145. The molecule has 31 heavy (non-hydrogen) atoms. The predicted molar refractivity (Wildman–Crippen MR) is 131 cm³/mol. The third-order valence-corrected chi connectivity index (χ3v) is 7.51. The fourth-order valence-electron chi connectivity index (χ4n) is 4.94. The van der Waals surface area contributed by atoms with Crippen LogP contribution in [-0.4, -0.2) is 75.4 Å².